The van der Waals surface area contributed by atoms with Crippen molar-refractivity contribution in [3.8, 4) is 22.6 Å². The van der Waals surface area contributed by atoms with E-state index in [1.54, 1.807) is 6.07 Å². The molecule has 0 spiro atoms. The van der Waals surface area contributed by atoms with E-state index in [1.807, 2.05) is 36.4 Å². The molecular formula is C28H20ClNO3. The van der Waals surface area contributed by atoms with Crippen molar-refractivity contribution in [3.63, 3.8) is 0 Å². The Bertz CT molecular complexity index is 1440. The van der Waals surface area contributed by atoms with Gasteiger partial charge >= 0.3 is 5.97 Å². The standard InChI is InChI=1S/C28H20ClNO3/c29-25-17-23(28(31)32)10-13-27(25)33-24-11-12-26-22(16-24)14-15-30(26)18-19-6-8-21(9-7-19)20-4-2-1-3-5-20/h1-17H,18H2,(H,31,32). The fourth-order valence-corrected chi connectivity index (χ4v) is 4.07. The third-order valence-corrected chi connectivity index (χ3v) is 5.86. The van der Waals surface area contributed by atoms with E-state index in [0.717, 1.165) is 17.4 Å². The van der Waals surface area contributed by atoms with E-state index in [1.165, 1.54) is 28.8 Å². The molecule has 0 saturated carbocycles. The summed E-state index contributed by atoms with van der Waals surface area (Å²) in [5, 5.41) is 10.4. The zero-order valence-corrected chi connectivity index (χ0v) is 18.4. The third kappa shape index (κ3) is 4.47. The van der Waals surface area contributed by atoms with E-state index in [-0.39, 0.29) is 10.6 Å². The van der Waals surface area contributed by atoms with Gasteiger partial charge in [0.1, 0.15) is 11.5 Å². The van der Waals surface area contributed by atoms with Gasteiger partial charge in [-0.2, -0.15) is 0 Å². The lowest BCUT2D eigenvalue weighted by atomic mass is 10.0. The number of hydrogen-bond donors (Lipinski definition) is 1. The molecular weight excluding hydrogens is 434 g/mol. The first-order valence-corrected chi connectivity index (χ1v) is 10.9. The summed E-state index contributed by atoms with van der Waals surface area (Å²) in [7, 11) is 0. The number of carboxylic acid groups (broad SMARTS) is 1. The second-order valence-electron chi connectivity index (χ2n) is 7.78. The first-order chi connectivity index (χ1) is 16.1. The van der Waals surface area contributed by atoms with E-state index in [2.05, 4.69) is 53.2 Å². The second-order valence-corrected chi connectivity index (χ2v) is 8.19. The molecule has 1 heterocycles. The number of hydrogen-bond acceptors (Lipinski definition) is 2. The van der Waals surface area contributed by atoms with E-state index < -0.39 is 5.97 Å². The second kappa shape index (κ2) is 8.85. The minimum Gasteiger partial charge on any atom is -0.478 e. The highest BCUT2D eigenvalue weighted by Gasteiger charge is 2.10. The summed E-state index contributed by atoms with van der Waals surface area (Å²) in [6, 6.07) is 31.3. The molecule has 0 fully saturated rings. The fraction of sp³-hybridized carbons (Fsp3) is 0.0357. The molecule has 4 aromatic carbocycles. The Balaban J connectivity index is 1.34. The van der Waals surface area contributed by atoms with Crippen LogP contribution in [-0.4, -0.2) is 15.6 Å². The van der Waals surface area contributed by atoms with Gasteiger partial charge in [0, 0.05) is 23.6 Å². The minimum atomic E-state index is -1.03. The number of carboxylic acids is 1. The molecule has 5 heteroatoms. The molecule has 0 radical (unpaired) electrons. The molecule has 0 amide bonds. The van der Waals surface area contributed by atoms with Gasteiger partial charge in [0.25, 0.3) is 0 Å². The van der Waals surface area contributed by atoms with Crippen LogP contribution in [0.3, 0.4) is 0 Å². The molecule has 0 aliphatic heterocycles. The fourth-order valence-electron chi connectivity index (χ4n) is 3.85. The van der Waals surface area contributed by atoms with Gasteiger partial charge in [-0.05, 0) is 59.2 Å². The van der Waals surface area contributed by atoms with Crippen molar-refractivity contribution in [2.45, 2.75) is 6.54 Å². The summed E-state index contributed by atoms with van der Waals surface area (Å²) in [5.74, 6) is 0.0253. The van der Waals surface area contributed by atoms with Gasteiger partial charge in [-0.1, -0.05) is 66.2 Å². The topological polar surface area (TPSA) is 51.5 Å². The molecule has 0 saturated heterocycles. The lowest BCUT2D eigenvalue weighted by Crippen LogP contribution is -1.98. The number of carbonyl (C=O) groups is 1. The van der Waals surface area contributed by atoms with Crippen LogP contribution in [0.15, 0.2) is 103 Å². The lowest BCUT2D eigenvalue weighted by molar-refractivity contribution is 0.0697. The van der Waals surface area contributed by atoms with Crippen LogP contribution in [0.2, 0.25) is 5.02 Å². The molecule has 0 aliphatic rings. The van der Waals surface area contributed by atoms with Crippen molar-refractivity contribution in [1.29, 1.82) is 0 Å². The Morgan fingerprint density at radius 1 is 0.848 bits per heavy atom. The number of rotatable bonds is 6. The van der Waals surface area contributed by atoms with Gasteiger partial charge in [0.05, 0.1) is 10.6 Å². The molecule has 4 nitrogen and oxygen atoms in total. The maximum atomic E-state index is 11.1. The average Bonchev–Trinajstić information content (AvgIpc) is 3.23. The van der Waals surface area contributed by atoms with Crippen molar-refractivity contribution < 1.29 is 14.6 Å². The predicted octanol–water partition coefficient (Wildman–Crippen LogP) is 7.50. The van der Waals surface area contributed by atoms with Crippen LogP contribution in [0, 0.1) is 0 Å². The van der Waals surface area contributed by atoms with E-state index >= 15 is 0 Å². The van der Waals surface area contributed by atoms with Crippen molar-refractivity contribution in [3.05, 3.63) is 119 Å². The van der Waals surface area contributed by atoms with E-state index in [0.29, 0.717) is 11.5 Å². The molecule has 5 aromatic rings. The normalized spacial score (nSPS) is 10.9. The van der Waals surface area contributed by atoms with Gasteiger partial charge in [-0.3, -0.25) is 0 Å². The van der Waals surface area contributed by atoms with Crippen LogP contribution in [0.5, 0.6) is 11.5 Å². The number of ether oxygens (including phenoxy) is 1. The van der Waals surface area contributed by atoms with Crippen LogP contribution < -0.4 is 4.74 Å². The average molecular weight is 454 g/mol. The van der Waals surface area contributed by atoms with Crippen LogP contribution in [0.25, 0.3) is 22.0 Å². The molecule has 1 aromatic heterocycles. The Morgan fingerprint density at radius 3 is 2.33 bits per heavy atom. The highest BCUT2D eigenvalue weighted by Crippen LogP contribution is 2.32. The van der Waals surface area contributed by atoms with Gasteiger partial charge in [0.2, 0.25) is 0 Å². The van der Waals surface area contributed by atoms with Crippen molar-refractivity contribution in [1.82, 2.24) is 4.57 Å². The summed E-state index contributed by atoms with van der Waals surface area (Å²) in [5.41, 5.74) is 4.85. The summed E-state index contributed by atoms with van der Waals surface area (Å²) < 4.78 is 8.10. The van der Waals surface area contributed by atoms with E-state index in [9.17, 15) is 4.79 Å². The zero-order valence-electron chi connectivity index (χ0n) is 17.6. The number of aromatic carboxylic acids is 1. The van der Waals surface area contributed by atoms with Crippen molar-refractivity contribution >= 4 is 28.5 Å². The SMILES string of the molecule is O=C(O)c1ccc(Oc2ccc3c(ccn3Cc3ccc(-c4ccccc4)cc3)c2)c(Cl)c1. The van der Waals surface area contributed by atoms with Gasteiger partial charge in [0.15, 0.2) is 0 Å². The Hall–Kier alpha value is -4.02. The number of aromatic nitrogens is 1. The molecule has 33 heavy (non-hydrogen) atoms. The lowest BCUT2D eigenvalue weighted by Gasteiger charge is -2.10. The highest BCUT2D eigenvalue weighted by molar-refractivity contribution is 6.32. The van der Waals surface area contributed by atoms with Crippen molar-refractivity contribution in [2.24, 2.45) is 0 Å². The number of fused-ring (bicyclic) bond motifs is 1. The Labute approximate surface area is 196 Å². The van der Waals surface area contributed by atoms with Crippen LogP contribution in [-0.2, 0) is 6.54 Å². The Kier molecular flexibility index (Phi) is 5.59. The molecule has 0 aliphatic carbocycles. The summed E-state index contributed by atoms with van der Waals surface area (Å²) in [6.07, 6.45) is 2.06. The van der Waals surface area contributed by atoms with Crippen LogP contribution in [0.1, 0.15) is 15.9 Å². The van der Waals surface area contributed by atoms with Gasteiger partial charge in [-0.15, -0.1) is 0 Å². The summed E-state index contributed by atoms with van der Waals surface area (Å²) in [6.45, 7) is 0.765. The number of nitrogens with zero attached hydrogens (tertiary/aromatic N) is 1. The number of halogens is 1. The maximum Gasteiger partial charge on any atom is 0.335 e. The van der Waals surface area contributed by atoms with E-state index in [4.69, 9.17) is 21.4 Å². The third-order valence-electron chi connectivity index (χ3n) is 5.56. The maximum absolute atomic E-state index is 11.1. The summed E-state index contributed by atoms with van der Waals surface area (Å²) >= 11 is 6.19. The molecule has 5 rings (SSSR count). The molecule has 0 unspecified atom stereocenters. The van der Waals surface area contributed by atoms with Gasteiger partial charge < -0.3 is 14.4 Å². The largest absolute Gasteiger partial charge is 0.478 e. The molecule has 162 valence electrons. The highest BCUT2D eigenvalue weighted by atomic mass is 35.5. The van der Waals surface area contributed by atoms with Crippen molar-refractivity contribution in [2.75, 3.05) is 0 Å². The minimum absolute atomic E-state index is 0.122. The quantitative estimate of drug-likeness (QED) is 0.289. The molecule has 0 atom stereocenters. The molecule has 0 bridgehead atoms. The molecule has 1 N–H and O–H groups in total. The van der Waals surface area contributed by atoms with Gasteiger partial charge in [-0.25, -0.2) is 4.79 Å². The summed E-state index contributed by atoms with van der Waals surface area (Å²) in [4.78, 5) is 11.1. The zero-order chi connectivity index (χ0) is 22.8. The number of benzene rings is 4. The monoisotopic (exact) mass is 453 g/mol. The predicted molar refractivity (Wildman–Crippen MR) is 131 cm³/mol. The van der Waals surface area contributed by atoms with Crippen LogP contribution in [0.4, 0.5) is 0 Å². The first kappa shape index (κ1) is 20.9. The first-order valence-electron chi connectivity index (χ1n) is 10.5. The van der Waals surface area contributed by atoms with Crippen LogP contribution >= 0.6 is 11.6 Å². The Morgan fingerprint density at radius 2 is 1.61 bits per heavy atom. The smallest absolute Gasteiger partial charge is 0.335 e.